The number of carbonyl (C=O) groups excluding carboxylic acids is 1. The number of carbonyl (C=O) groups is 1. The van der Waals surface area contributed by atoms with Crippen molar-refractivity contribution in [3.63, 3.8) is 0 Å². The Balaban J connectivity index is 1.76. The van der Waals surface area contributed by atoms with E-state index in [0.717, 1.165) is 9.95 Å². The highest BCUT2D eigenvalue weighted by molar-refractivity contribution is 6.31. The lowest BCUT2D eigenvalue weighted by atomic mass is 10.1. The van der Waals surface area contributed by atoms with Crippen LogP contribution in [0.1, 0.15) is 16.1 Å². The fraction of sp³-hybridized carbons (Fsp3) is 0.158. The number of pyridine rings is 1. The zero-order valence-corrected chi connectivity index (χ0v) is 16.0. The molecule has 0 spiro atoms. The van der Waals surface area contributed by atoms with Crippen molar-refractivity contribution in [3.05, 3.63) is 67.6 Å². The molecule has 0 atom stereocenters. The topological polar surface area (TPSA) is 99.1 Å². The number of furan rings is 1. The lowest BCUT2D eigenvalue weighted by molar-refractivity contribution is 0.0998. The molecule has 142 valence electrons. The molecule has 0 aliphatic rings. The van der Waals surface area contributed by atoms with Crippen molar-refractivity contribution < 1.29 is 9.21 Å². The minimum Gasteiger partial charge on any atom is -0.451 e. The molecule has 28 heavy (non-hydrogen) atoms. The maximum absolute atomic E-state index is 12.7. The van der Waals surface area contributed by atoms with Crippen LogP contribution in [0.2, 0.25) is 5.02 Å². The number of halogens is 1. The van der Waals surface area contributed by atoms with E-state index in [1.165, 1.54) is 30.9 Å². The Labute approximate surface area is 163 Å². The van der Waals surface area contributed by atoms with Crippen LogP contribution in [0.4, 0.5) is 5.69 Å². The Hall–Kier alpha value is -3.39. The van der Waals surface area contributed by atoms with E-state index in [9.17, 15) is 14.4 Å². The Morgan fingerprint density at radius 3 is 2.64 bits per heavy atom. The number of nitrogens with zero attached hydrogens (tertiary/aromatic N) is 3. The summed E-state index contributed by atoms with van der Waals surface area (Å²) in [7, 11) is 2.91. The van der Waals surface area contributed by atoms with E-state index >= 15 is 0 Å². The minimum atomic E-state index is -0.490. The summed E-state index contributed by atoms with van der Waals surface area (Å²) in [4.78, 5) is 41.2. The van der Waals surface area contributed by atoms with Gasteiger partial charge in [0.2, 0.25) is 0 Å². The van der Waals surface area contributed by atoms with Crippen LogP contribution in [-0.4, -0.2) is 20.0 Å². The van der Waals surface area contributed by atoms with Gasteiger partial charge >= 0.3 is 5.69 Å². The lowest BCUT2D eigenvalue weighted by Crippen LogP contribution is -2.37. The van der Waals surface area contributed by atoms with Crippen LogP contribution >= 0.6 is 11.6 Å². The number of hydrogen-bond acceptors (Lipinski definition) is 5. The second-order valence-electron chi connectivity index (χ2n) is 6.45. The van der Waals surface area contributed by atoms with E-state index in [1.54, 1.807) is 25.1 Å². The summed E-state index contributed by atoms with van der Waals surface area (Å²) in [5.41, 5.74) is 0.788. The Morgan fingerprint density at radius 2 is 1.89 bits per heavy atom. The molecule has 9 heteroatoms. The Bertz CT molecular complexity index is 1400. The number of aromatic nitrogens is 3. The predicted molar refractivity (Wildman–Crippen MR) is 106 cm³/mol. The Kier molecular flexibility index (Phi) is 4.08. The third kappa shape index (κ3) is 2.69. The number of amides is 1. The summed E-state index contributed by atoms with van der Waals surface area (Å²) in [6, 6.07) is 6.59. The molecular formula is C19H15ClN4O4. The second-order valence-corrected chi connectivity index (χ2v) is 6.89. The molecule has 0 aliphatic carbocycles. The molecular weight excluding hydrogens is 384 g/mol. The molecule has 0 saturated carbocycles. The van der Waals surface area contributed by atoms with Crippen LogP contribution in [0.15, 0.2) is 44.5 Å². The predicted octanol–water partition coefficient (Wildman–Crippen LogP) is 2.59. The van der Waals surface area contributed by atoms with Crippen molar-refractivity contribution in [2.24, 2.45) is 14.1 Å². The second kappa shape index (κ2) is 6.35. The zero-order chi connectivity index (χ0) is 20.2. The molecule has 3 aromatic heterocycles. The van der Waals surface area contributed by atoms with Crippen LogP contribution in [0.3, 0.4) is 0 Å². The number of anilines is 1. The van der Waals surface area contributed by atoms with E-state index in [2.05, 4.69) is 10.3 Å². The summed E-state index contributed by atoms with van der Waals surface area (Å²) in [5.74, 6) is -0.335. The van der Waals surface area contributed by atoms with Gasteiger partial charge in [0.05, 0.1) is 17.3 Å². The molecule has 1 N–H and O–H groups in total. The van der Waals surface area contributed by atoms with Crippen molar-refractivity contribution in [3.8, 4) is 0 Å². The fourth-order valence-electron chi connectivity index (χ4n) is 3.13. The van der Waals surface area contributed by atoms with Crippen LogP contribution in [-0.2, 0) is 14.1 Å². The third-order valence-corrected chi connectivity index (χ3v) is 4.89. The first-order valence-corrected chi connectivity index (χ1v) is 8.71. The quantitative estimate of drug-likeness (QED) is 0.559. The molecule has 3 heterocycles. The van der Waals surface area contributed by atoms with Gasteiger partial charge in [0.1, 0.15) is 11.2 Å². The standard InChI is InChI=1S/C19H15ClN4O4/c1-9-12-6-10(20)4-5-14(12)28-15(9)17(25)22-11-7-13-16(21-8-11)23(2)19(27)24(3)18(13)26/h4-8H,1-3H3,(H,22,25). The summed E-state index contributed by atoms with van der Waals surface area (Å²) in [6.07, 6.45) is 1.38. The highest BCUT2D eigenvalue weighted by Gasteiger charge is 2.19. The molecule has 1 aromatic carbocycles. The largest absolute Gasteiger partial charge is 0.451 e. The highest BCUT2D eigenvalue weighted by atomic mass is 35.5. The van der Waals surface area contributed by atoms with Gasteiger partial charge in [-0.25, -0.2) is 9.78 Å². The number of rotatable bonds is 2. The van der Waals surface area contributed by atoms with Crippen molar-refractivity contribution in [1.29, 1.82) is 0 Å². The van der Waals surface area contributed by atoms with Gasteiger partial charge in [-0.1, -0.05) is 11.6 Å². The maximum Gasteiger partial charge on any atom is 0.332 e. The lowest BCUT2D eigenvalue weighted by Gasteiger charge is -2.08. The fourth-order valence-corrected chi connectivity index (χ4v) is 3.30. The first kappa shape index (κ1) is 18.0. The van der Waals surface area contributed by atoms with Crippen LogP contribution in [0.25, 0.3) is 22.0 Å². The SMILES string of the molecule is Cc1c(C(=O)Nc2cnc3c(c2)c(=O)n(C)c(=O)n3C)oc2ccc(Cl)cc12. The zero-order valence-electron chi connectivity index (χ0n) is 15.2. The molecule has 8 nitrogen and oxygen atoms in total. The van der Waals surface area contributed by atoms with Gasteiger partial charge in [0.25, 0.3) is 11.5 Å². The van der Waals surface area contributed by atoms with Crippen molar-refractivity contribution in [2.75, 3.05) is 5.32 Å². The molecule has 4 aromatic rings. The maximum atomic E-state index is 12.7. The molecule has 0 saturated heterocycles. The highest BCUT2D eigenvalue weighted by Crippen LogP contribution is 2.28. The van der Waals surface area contributed by atoms with Gasteiger partial charge in [0.15, 0.2) is 5.76 Å². The normalized spacial score (nSPS) is 11.3. The third-order valence-electron chi connectivity index (χ3n) is 4.66. The molecule has 0 bridgehead atoms. The van der Waals surface area contributed by atoms with Crippen molar-refractivity contribution >= 4 is 45.2 Å². The van der Waals surface area contributed by atoms with Gasteiger partial charge in [-0.3, -0.25) is 18.7 Å². The molecule has 4 rings (SSSR count). The van der Waals surface area contributed by atoms with E-state index in [1.807, 2.05) is 0 Å². The first-order chi connectivity index (χ1) is 13.3. The summed E-state index contributed by atoms with van der Waals surface area (Å²) in [6.45, 7) is 1.77. The molecule has 0 unspecified atom stereocenters. The van der Waals surface area contributed by atoms with Crippen molar-refractivity contribution in [2.45, 2.75) is 6.92 Å². The van der Waals surface area contributed by atoms with Gasteiger partial charge in [-0.05, 0) is 31.2 Å². The smallest absolute Gasteiger partial charge is 0.332 e. The van der Waals surface area contributed by atoms with Crippen molar-refractivity contribution in [1.82, 2.24) is 14.1 Å². The molecule has 0 radical (unpaired) electrons. The number of nitrogens with one attached hydrogen (secondary N) is 1. The average Bonchev–Trinajstić information content (AvgIpc) is 3.01. The molecule has 1 amide bonds. The molecule has 0 aliphatic heterocycles. The van der Waals surface area contributed by atoms with Gasteiger partial charge in [0, 0.05) is 30.1 Å². The summed E-state index contributed by atoms with van der Waals surface area (Å²) < 4.78 is 7.91. The summed E-state index contributed by atoms with van der Waals surface area (Å²) >= 11 is 6.01. The van der Waals surface area contributed by atoms with Gasteiger partial charge in [-0.15, -0.1) is 0 Å². The van der Waals surface area contributed by atoms with Gasteiger partial charge < -0.3 is 9.73 Å². The molecule has 0 fully saturated rings. The number of hydrogen-bond donors (Lipinski definition) is 1. The van der Waals surface area contributed by atoms with E-state index in [-0.39, 0.29) is 16.8 Å². The summed E-state index contributed by atoms with van der Waals surface area (Å²) in [5, 5.41) is 4.20. The number of benzene rings is 1. The van der Waals surface area contributed by atoms with E-state index in [0.29, 0.717) is 21.9 Å². The minimum absolute atomic E-state index is 0.144. The van der Waals surface area contributed by atoms with Gasteiger partial charge in [-0.2, -0.15) is 0 Å². The monoisotopic (exact) mass is 398 g/mol. The number of fused-ring (bicyclic) bond motifs is 2. The Morgan fingerprint density at radius 1 is 1.14 bits per heavy atom. The van der Waals surface area contributed by atoms with Crippen LogP contribution in [0, 0.1) is 6.92 Å². The van der Waals surface area contributed by atoms with E-state index in [4.69, 9.17) is 16.0 Å². The van der Waals surface area contributed by atoms with Crippen LogP contribution in [0.5, 0.6) is 0 Å². The first-order valence-electron chi connectivity index (χ1n) is 8.33. The van der Waals surface area contributed by atoms with Crippen LogP contribution < -0.4 is 16.6 Å². The van der Waals surface area contributed by atoms with E-state index < -0.39 is 17.2 Å². The number of aryl methyl sites for hydroxylation is 2. The average molecular weight is 399 g/mol.